The van der Waals surface area contributed by atoms with E-state index in [1.807, 2.05) is 12.1 Å². The molecule has 31 heavy (non-hydrogen) atoms. The Kier molecular flexibility index (Phi) is 6.98. The number of ether oxygens (including phenoxy) is 2. The second kappa shape index (κ2) is 9.55. The normalized spacial score (nSPS) is 33.2. The van der Waals surface area contributed by atoms with Crippen LogP contribution >= 0.6 is 0 Å². The van der Waals surface area contributed by atoms with Gasteiger partial charge in [-0.2, -0.15) is 0 Å². The average molecular weight is 427 g/mol. The lowest BCUT2D eigenvalue weighted by atomic mass is 9.47. The van der Waals surface area contributed by atoms with Gasteiger partial charge in [0.2, 0.25) is 0 Å². The zero-order valence-corrected chi connectivity index (χ0v) is 20.1. The van der Waals surface area contributed by atoms with Crippen molar-refractivity contribution >= 4 is 5.97 Å². The maximum Gasteiger partial charge on any atom is 0.344 e. The molecule has 0 heterocycles. The lowest BCUT2D eigenvalue weighted by Crippen LogP contribution is -2.63. The summed E-state index contributed by atoms with van der Waals surface area (Å²) in [5.41, 5.74) is 1.05. The highest BCUT2D eigenvalue weighted by molar-refractivity contribution is 5.72. The first-order chi connectivity index (χ1) is 15.0. The van der Waals surface area contributed by atoms with E-state index in [4.69, 9.17) is 9.47 Å². The maximum absolute atomic E-state index is 13.1. The Labute approximate surface area is 189 Å². The number of carbonyl (C=O) groups excluding carboxylic acids is 1. The predicted molar refractivity (Wildman–Crippen MR) is 125 cm³/mol. The molecule has 3 nitrogen and oxygen atoms in total. The number of benzene rings is 1. The van der Waals surface area contributed by atoms with Crippen LogP contribution in [0.5, 0.6) is 5.75 Å². The van der Waals surface area contributed by atoms with Gasteiger partial charge in [-0.25, -0.2) is 4.79 Å². The van der Waals surface area contributed by atoms with Gasteiger partial charge >= 0.3 is 5.97 Å². The molecule has 4 saturated carbocycles. The summed E-state index contributed by atoms with van der Waals surface area (Å²) in [6, 6.07) is 8.19. The van der Waals surface area contributed by atoms with Gasteiger partial charge in [-0.1, -0.05) is 52.7 Å². The first kappa shape index (κ1) is 22.7. The summed E-state index contributed by atoms with van der Waals surface area (Å²) in [4.78, 5) is 13.1. The molecule has 0 amide bonds. The number of carbonyl (C=O) groups is 1. The second-order valence-electron chi connectivity index (χ2n) is 10.8. The van der Waals surface area contributed by atoms with Crippen molar-refractivity contribution in [3.63, 3.8) is 0 Å². The van der Waals surface area contributed by atoms with Crippen molar-refractivity contribution in [2.45, 2.75) is 97.0 Å². The SMILES string of the molecule is CCCCC(C)C1(OC(=O)COc2ccc(C(C)CC)cc2)C2CC3CC(C2)CC1C3. The fourth-order valence-electron chi connectivity index (χ4n) is 7.23. The minimum Gasteiger partial charge on any atom is -0.482 e. The number of unbranched alkanes of at least 4 members (excludes halogenated alkanes) is 1. The summed E-state index contributed by atoms with van der Waals surface area (Å²) in [5.74, 6) is 4.38. The van der Waals surface area contributed by atoms with Crippen LogP contribution in [0.1, 0.15) is 97.0 Å². The Balaban J connectivity index is 1.43. The third-order valence-corrected chi connectivity index (χ3v) is 8.88. The van der Waals surface area contributed by atoms with Crippen LogP contribution in [0.4, 0.5) is 0 Å². The Hall–Kier alpha value is -1.51. The molecule has 0 radical (unpaired) electrons. The van der Waals surface area contributed by atoms with Crippen LogP contribution in [0.3, 0.4) is 0 Å². The fraction of sp³-hybridized carbons (Fsp3) is 0.750. The second-order valence-corrected chi connectivity index (χ2v) is 10.8. The fourth-order valence-corrected chi connectivity index (χ4v) is 7.23. The van der Waals surface area contributed by atoms with Crippen molar-refractivity contribution in [2.24, 2.45) is 29.6 Å². The zero-order chi connectivity index (χ0) is 22.0. The molecule has 0 spiro atoms. The largest absolute Gasteiger partial charge is 0.482 e. The first-order valence-corrected chi connectivity index (χ1v) is 12.9. The highest BCUT2D eigenvalue weighted by atomic mass is 16.6. The molecule has 1 aromatic rings. The van der Waals surface area contributed by atoms with E-state index in [1.54, 1.807) is 0 Å². The van der Waals surface area contributed by atoms with Crippen LogP contribution in [0, 0.1) is 29.6 Å². The molecule has 4 aliphatic carbocycles. The summed E-state index contributed by atoms with van der Waals surface area (Å²) in [6.45, 7) is 9.05. The van der Waals surface area contributed by atoms with Gasteiger partial charge in [-0.3, -0.25) is 0 Å². The third-order valence-electron chi connectivity index (χ3n) is 8.88. The highest BCUT2D eigenvalue weighted by Crippen LogP contribution is 2.62. The molecule has 1 aromatic carbocycles. The van der Waals surface area contributed by atoms with E-state index in [-0.39, 0.29) is 18.2 Å². The van der Waals surface area contributed by atoms with Crippen LogP contribution in [-0.2, 0) is 9.53 Å². The van der Waals surface area contributed by atoms with Crippen molar-refractivity contribution in [3.05, 3.63) is 29.8 Å². The molecule has 4 bridgehead atoms. The van der Waals surface area contributed by atoms with Gasteiger partial charge in [0.1, 0.15) is 11.4 Å². The van der Waals surface area contributed by atoms with E-state index < -0.39 is 0 Å². The van der Waals surface area contributed by atoms with E-state index in [0.717, 1.165) is 30.4 Å². The first-order valence-electron chi connectivity index (χ1n) is 12.9. The van der Waals surface area contributed by atoms with Gasteiger partial charge < -0.3 is 9.47 Å². The van der Waals surface area contributed by atoms with E-state index in [0.29, 0.717) is 23.7 Å². The molecule has 0 saturated heterocycles. The Bertz CT molecular complexity index is 709. The van der Waals surface area contributed by atoms with Crippen LogP contribution in [0.2, 0.25) is 0 Å². The van der Waals surface area contributed by atoms with Crippen molar-refractivity contribution in [2.75, 3.05) is 6.61 Å². The van der Waals surface area contributed by atoms with Gasteiger partial charge in [0.15, 0.2) is 6.61 Å². The number of hydrogen-bond acceptors (Lipinski definition) is 3. The summed E-state index contributed by atoms with van der Waals surface area (Å²) >= 11 is 0. The summed E-state index contributed by atoms with van der Waals surface area (Å²) < 4.78 is 12.4. The summed E-state index contributed by atoms with van der Waals surface area (Å²) in [7, 11) is 0. The highest BCUT2D eigenvalue weighted by Gasteiger charge is 2.61. The topological polar surface area (TPSA) is 35.5 Å². The molecule has 4 fully saturated rings. The molecule has 0 aliphatic heterocycles. The van der Waals surface area contributed by atoms with Crippen molar-refractivity contribution in [1.29, 1.82) is 0 Å². The molecule has 3 heteroatoms. The van der Waals surface area contributed by atoms with Crippen LogP contribution in [-0.4, -0.2) is 18.2 Å². The van der Waals surface area contributed by atoms with E-state index in [2.05, 4.69) is 39.8 Å². The monoisotopic (exact) mass is 426 g/mol. The minimum absolute atomic E-state index is 0.0111. The molecular formula is C28H42O3. The lowest BCUT2D eigenvalue weighted by Gasteiger charge is -2.62. The molecule has 2 atom stereocenters. The number of hydrogen-bond donors (Lipinski definition) is 0. The van der Waals surface area contributed by atoms with E-state index in [1.165, 1.54) is 50.5 Å². The van der Waals surface area contributed by atoms with Crippen LogP contribution < -0.4 is 4.74 Å². The minimum atomic E-state index is -0.260. The molecule has 5 rings (SSSR count). The molecule has 4 aliphatic rings. The Morgan fingerprint density at radius 1 is 1.00 bits per heavy atom. The van der Waals surface area contributed by atoms with Crippen molar-refractivity contribution in [1.82, 2.24) is 0 Å². The standard InChI is InChI=1S/C28H42O3/c1-5-7-8-20(4)28(24-14-21-13-22(16-24)17-25(28)15-21)31-27(29)18-30-26-11-9-23(10-12-26)19(3)6-2/h9-12,19-22,24-25H,5-8,13-18H2,1-4H3. The van der Waals surface area contributed by atoms with Gasteiger partial charge in [0, 0.05) is 0 Å². The van der Waals surface area contributed by atoms with E-state index in [9.17, 15) is 4.79 Å². The molecule has 0 N–H and O–H groups in total. The number of esters is 1. The molecule has 2 unspecified atom stereocenters. The summed E-state index contributed by atoms with van der Waals surface area (Å²) in [5, 5.41) is 0. The van der Waals surface area contributed by atoms with Gasteiger partial charge in [0.25, 0.3) is 0 Å². The smallest absolute Gasteiger partial charge is 0.344 e. The lowest BCUT2D eigenvalue weighted by molar-refractivity contribution is -0.229. The van der Waals surface area contributed by atoms with Gasteiger partial charge in [0.05, 0.1) is 0 Å². The van der Waals surface area contributed by atoms with Gasteiger partial charge in [-0.15, -0.1) is 0 Å². The van der Waals surface area contributed by atoms with Crippen molar-refractivity contribution < 1.29 is 14.3 Å². The average Bonchev–Trinajstić information content (AvgIpc) is 2.77. The zero-order valence-electron chi connectivity index (χ0n) is 20.1. The molecule has 172 valence electrons. The summed E-state index contributed by atoms with van der Waals surface area (Å²) in [6.07, 6.45) is 11.1. The Morgan fingerprint density at radius 3 is 2.16 bits per heavy atom. The van der Waals surface area contributed by atoms with E-state index >= 15 is 0 Å². The Morgan fingerprint density at radius 2 is 1.61 bits per heavy atom. The molecular weight excluding hydrogens is 384 g/mol. The van der Waals surface area contributed by atoms with Crippen LogP contribution in [0.15, 0.2) is 24.3 Å². The predicted octanol–water partition coefficient (Wildman–Crippen LogP) is 7.14. The maximum atomic E-state index is 13.1. The third kappa shape index (κ3) is 4.52. The van der Waals surface area contributed by atoms with Crippen molar-refractivity contribution in [3.8, 4) is 5.75 Å². The number of rotatable bonds is 10. The van der Waals surface area contributed by atoms with Crippen LogP contribution in [0.25, 0.3) is 0 Å². The van der Waals surface area contributed by atoms with Gasteiger partial charge in [-0.05, 0) is 98.1 Å². The quantitative estimate of drug-likeness (QED) is 0.373. The molecule has 0 aromatic heterocycles.